The monoisotopic (exact) mass is 306 g/mol. The molecule has 5 nitrogen and oxygen atoms in total. The zero-order valence-corrected chi connectivity index (χ0v) is 12.7. The number of hydrogen-bond donors (Lipinski definition) is 1. The second kappa shape index (κ2) is 7.87. The van der Waals surface area contributed by atoms with Crippen molar-refractivity contribution in [3.05, 3.63) is 52.0 Å². The number of carbonyl (C=O) groups is 1. The number of benzene rings is 1. The molecule has 0 spiro atoms. The number of aliphatic hydroxyl groups excluding tert-OH is 1. The van der Waals surface area contributed by atoms with Crippen LogP contribution in [0.4, 0.5) is 0 Å². The van der Waals surface area contributed by atoms with Crippen LogP contribution >= 0.6 is 11.3 Å². The van der Waals surface area contributed by atoms with Gasteiger partial charge in [0.2, 0.25) is 0 Å². The molecule has 0 fully saturated rings. The Balaban J connectivity index is 2.10. The maximum atomic E-state index is 12.5. The number of hydrogen-bond acceptors (Lipinski definition) is 5. The Morgan fingerprint density at radius 3 is 2.81 bits per heavy atom. The van der Waals surface area contributed by atoms with Gasteiger partial charge in [-0.15, -0.1) is 11.3 Å². The van der Waals surface area contributed by atoms with Crippen LogP contribution in [0.2, 0.25) is 0 Å². The third-order valence-electron chi connectivity index (χ3n) is 2.91. The lowest BCUT2D eigenvalue weighted by molar-refractivity contribution is 0.0702. The summed E-state index contributed by atoms with van der Waals surface area (Å²) in [6.07, 6.45) is 0. The first kappa shape index (κ1) is 15.6. The molecule has 0 saturated heterocycles. The van der Waals surface area contributed by atoms with E-state index in [1.165, 1.54) is 11.3 Å². The Labute approximate surface area is 127 Å². The largest absolute Gasteiger partial charge is 0.395 e. The fraction of sp³-hybridized carbons (Fsp3) is 0.333. The van der Waals surface area contributed by atoms with Gasteiger partial charge in [0.15, 0.2) is 0 Å². The fourth-order valence-electron chi connectivity index (χ4n) is 1.94. The molecule has 0 unspecified atom stereocenters. The Kier molecular flexibility index (Phi) is 5.86. The van der Waals surface area contributed by atoms with E-state index in [4.69, 9.17) is 9.84 Å². The predicted octanol–water partition coefficient (Wildman–Crippen LogP) is 1.92. The SMILES string of the molecule is COCc1nc(C(=O)N(CCO)Cc2ccccc2)cs1. The van der Waals surface area contributed by atoms with E-state index in [-0.39, 0.29) is 19.1 Å². The van der Waals surface area contributed by atoms with Crippen LogP contribution < -0.4 is 0 Å². The highest BCUT2D eigenvalue weighted by Crippen LogP contribution is 2.14. The number of ether oxygens (including phenoxy) is 1. The third-order valence-corrected chi connectivity index (χ3v) is 3.73. The molecule has 1 aromatic heterocycles. The zero-order valence-electron chi connectivity index (χ0n) is 11.9. The minimum absolute atomic E-state index is 0.0758. The molecule has 0 aliphatic carbocycles. The number of amides is 1. The van der Waals surface area contributed by atoms with Gasteiger partial charge >= 0.3 is 0 Å². The third kappa shape index (κ3) is 4.35. The molecule has 0 aliphatic heterocycles. The molecule has 112 valence electrons. The maximum absolute atomic E-state index is 12.5. The molecule has 0 bridgehead atoms. The standard InChI is InChI=1S/C15H18N2O3S/c1-20-10-14-16-13(11-21-14)15(19)17(7-8-18)9-12-5-3-2-4-6-12/h2-6,11,18H,7-10H2,1H3. The molecule has 0 radical (unpaired) electrons. The summed E-state index contributed by atoms with van der Waals surface area (Å²) in [6.45, 7) is 1.06. The molecular formula is C15H18N2O3S. The molecule has 1 amide bonds. The van der Waals surface area contributed by atoms with Gasteiger partial charge in [0.05, 0.1) is 13.2 Å². The van der Waals surface area contributed by atoms with E-state index >= 15 is 0 Å². The minimum Gasteiger partial charge on any atom is -0.395 e. The Hall–Kier alpha value is -1.76. The summed E-state index contributed by atoms with van der Waals surface area (Å²) in [6, 6.07) is 9.69. The van der Waals surface area contributed by atoms with Gasteiger partial charge in [-0.05, 0) is 5.56 Å². The highest BCUT2D eigenvalue weighted by molar-refractivity contribution is 7.09. The minimum atomic E-state index is -0.175. The average Bonchev–Trinajstić information content (AvgIpc) is 2.96. The normalized spacial score (nSPS) is 10.6. The molecule has 1 aromatic carbocycles. The Morgan fingerprint density at radius 2 is 2.14 bits per heavy atom. The molecule has 0 aliphatic rings. The van der Waals surface area contributed by atoms with Crippen molar-refractivity contribution in [1.29, 1.82) is 0 Å². The number of carbonyl (C=O) groups excluding carboxylic acids is 1. The number of nitrogens with zero attached hydrogens (tertiary/aromatic N) is 2. The van der Waals surface area contributed by atoms with Gasteiger partial charge in [-0.25, -0.2) is 4.98 Å². The maximum Gasteiger partial charge on any atom is 0.273 e. The van der Waals surface area contributed by atoms with E-state index < -0.39 is 0 Å². The van der Waals surface area contributed by atoms with Gasteiger partial charge in [0.1, 0.15) is 10.7 Å². The quantitative estimate of drug-likeness (QED) is 0.849. The first-order chi connectivity index (χ1) is 10.2. The topological polar surface area (TPSA) is 62.7 Å². The molecule has 2 aromatic rings. The van der Waals surface area contributed by atoms with Crippen molar-refractivity contribution in [2.75, 3.05) is 20.3 Å². The molecule has 21 heavy (non-hydrogen) atoms. The van der Waals surface area contributed by atoms with Gasteiger partial charge in [-0.3, -0.25) is 4.79 Å². The van der Waals surface area contributed by atoms with E-state index in [0.717, 1.165) is 10.6 Å². The zero-order chi connectivity index (χ0) is 15.1. The molecule has 1 heterocycles. The summed E-state index contributed by atoms with van der Waals surface area (Å²) in [5.74, 6) is -0.175. The lowest BCUT2D eigenvalue weighted by Gasteiger charge is -2.20. The Morgan fingerprint density at radius 1 is 1.38 bits per heavy atom. The van der Waals surface area contributed by atoms with E-state index in [9.17, 15) is 4.79 Å². The van der Waals surface area contributed by atoms with Crippen LogP contribution in [0.5, 0.6) is 0 Å². The van der Waals surface area contributed by atoms with Crippen LogP contribution in [0.25, 0.3) is 0 Å². The van der Waals surface area contributed by atoms with Gasteiger partial charge in [-0.1, -0.05) is 30.3 Å². The highest BCUT2D eigenvalue weighted by atomic mass is 32.1. The number of aromatic nitrogens is 1. The molecule has 0 atom stereocenters. The summed E-state index contributed by atoms with van der Waals surface area (Å²) < 4.78 is 5.01. The summed E-state index contributed by atoms with van der Waals surface area (Å²) >= 11 is 1.40. The van der Waals surface area contributed by atoms with Crippen molar-refractivity contribution in [1.82, 2.24) is 9.88 Å². The lowest BCUT2D eigenvalue weighted by atomic mass is 10.2. The molecule has 2 rings (SSSR count). The van der Waals surface area contributed by atoms with E-state index in [1.54, 1.807) is 17.4 Å². The number of rotatable bonds is 7. The van der Waals surface area contributed by atoms with Crippen molar-refractivity contribution in [2.45, 2.75) is 13.2 Å². The van der Waals surface area contributed by atoms with Crippen LogP contribution in [0, 0.1) is 0 Å². The number of methoxy groups -OCH3 is 1. The van der Waals surface area contributed by atoms with Crippen molar-refractivity contribution < 1.29 is 14.6 Å². The van der Waals surface area contributed by atoms with Crippen molar-refractivity contribution in [3.63, 3.8) is 0 Å². The second-order valence-electron chi connectivity index (χ2n) is 4.50. The molecular weight excluding hydrogens is 288 g/mol. The Bertz CT molecular complexity index is 571. The summed E-state index contributed by atoms with van der Waals surface area (Å²) in [4.78, 5) is 18.3. The smallest absolute Gasteiger partial charge is 0.273 e. The van der Waals surface area contributed by atoms with Gasteiger partial charge < -0.3 is 14.7 Å². The first-order valence-electron chi connectivity index (χ1n) is 6.62. The van der Waals surface area contributed by atoms with Gasteiger partial charge in [0.25, 0.3) is 5.91 Å². The highest BCUT2D eigenvalue weighted by Gasteiger charge is 2.18. The van der Waals surface area contributed by atoms with E-state index in [0.29, 0.717) is 18.8 Å². The van der Waals surface area contributed by atoms with Crippen LogP contribution in [0.15, 0.2) is 35.7 Å². The summed E-state index contributed by atoms with van der Waals surface area (Å²) in [5, 5.41) is 11.7. The molecule has 0 saturated carbocycles. The lowest BCUT2D eigenvalue weighted by Crippen LogP contribution is -2.33. The van der Waals surface area contributed by atoms with Crippen molar-refractivity contribution in [2.24, 2.45) is 0 Å². The van der Waals surface area contributed by atoms with E-state index in [2.05, 4.69) is 4.98 Å². The van der Waals surface area contributed by atoms with Gasteiger partial charge in [0, 0.05) is 25.6 Å². The van der Waals surface area contributed by atoms with Crippen LogP contribution in [-0.2, 0) is 17.9 Å². The first-order valence-corrected chi connectivity index (χ1v) is 7.50. The van der Waals surface area contributed by atoms with Crippen molar-refractivity contribution in [3.8, 4) is 0 Å². The van der Waals surface area contributed by atoms with Crippen LogP contribution in [0.1, 0.15) is 21.1 Å². The second-order valence-corrected chi connectivity index (χ2v) is 5.44. The van der Waals surface area contributed by atoms with Crippen molar-refractivity contribution >= 4 is 17.2 Å². The molecule has 6 heteroatoms. The summed E-state index contributed by atoms with van der Waals surface area (Å²) in [7, 11) is 1.59. The number of aliphatic hydroxyl groups is 1. The van der Waals surface area contributed by atoms with Crippen LogP contribution in [-0.4, -0.2) is 41.2 Å². The van der Waals surface area contributed by atoms with Crippen LogP contribution in [0.3, 0.4) is 0 Å². The average molecular weight is 306 g/mol. The predicted molar refractivity (Wildman–Crippen MR) is 81.1 cm³/mol. The molecule has 1 N–H and O–H groups in total. The van der Waals surface area contributed by atoms with Gasteiger partial charge in [-0.2, -0.15) is 0 Å². The summed E-state index contributed by atoms with van der Waals surface area (Å²) in [5.41, 5.74) is 1.42. The van der Waals surface area contributed by atoms with E-state index in [1.807, 2.05) is 30.3 Å². The number of thiazole rings is 1. The fourth-order valence-corrected chi connectivity index (χ4v) is 2.68.